The lowest BCUT2D eigenvalue weighted by molar-refractivity contribution is 0.0999. The average Bonchev–Trinajstić information content (AvgIpc) is 3.10. The summed E-state index contributed by atoms with van der Waals surface area (Å²) in [7, 11) is -2.63. The van der Waals surface area contributed by atoms with Crippen molar-refractivity contribution in [3.05, 3.63) is 64.2 Å². The van der Waals surface area contributed by atoms with Crippen molar-refractivity contribution in [2.24, 2.45) is 5.73 Å². The minimum absolute atomic E-state index is 0.0862. The highest BCUT2D eigenvalue weighted by atomic mass is 32.3. The SMILES string of the molecule is COc1cc(S(=O)(=O)O)sc1C.Cc1ccc(-c2ccc(C#N)cn2)cc1C(N)=O. The number of aromatic nitrogens is 1. The van der Waals surface area contributed by atoms with Crippen molar-refractivity contribution in [3.8, 4) is 23.1 Å². The predicted octanol–water partition coefficient (Wildman–Crippen LogP) is 3.34. The largest absolute Gasteiger partial charge is 0.496 e. The van der Waals surface area contributed by atoms with Crippen molar-refractivity contribution >= 4 is 27.4 Å². The third kappa shape index (κ3) is 5.64. The molecule has 0 unspecified atom stereocenters. The number of pyridine rings is 1. The van der Waals surface area contributed by atoms with Crippen LogP contribution in [-0.4, -0.2) is 31.0 Å². The fraction of sp³-hybridized carbons (Fsp3) is 0.150. The highest BCUT2D eigenvalue weighted by Gasteiger charge is 2.15. The lowest BCUT2D eigenvalue weighted by atomic mass is 10.0. The maximum absolute atomic E-state index is 11.3. The fourth-order valence-electron chi connectivity index (χ4n) is 2.45. The van der Waals surface area contributed by atoms with E-state index in [2.05, 4.69) is 4.98 Å². The van der Waals surface area contributed by atoms with E-state index in [1.807, 2.05) is 25.1 Å². The second kappa shape index (κ2) is 9.49. The molecule has 3 rings (SSSR count). The van der Waals surface area contributed by atoms with Gasteiger partial charge in [0, 0.05) is 28.3 Å². The van der Waals surface area contributed by atoms with Crippen molar-refractivity contribution in [1.82, 2.24) is 4.98 Å². The molecule has 3 aromatic rings. The van der Waals surface area contributed by atoms with Gasteiger partial charge in [-0.15, -0.1) is 11.3 Å². The Kier molecular flexibility index (Phi) is 7.28. The topological polar surface area (TPSA) is 143 Å². The Hall–Kier alpha value is -3.26. The third-order valence-electron chi connectivity index (χ3n) is 4.02. The van der Waals surface area contributed by atoms with Crippen LogP contribution in [0.4, 0.5) is 0 Å². The van der Waals surface area contributed by atoms with Crippen molar-refractivity contribution < 1.29 is 22.5 Å². The summed E-state index contributed by atoms with van der Waals surface area (Å²) in [4.78, 5) is 16.2. The van der Waals surface area contributed by atoms with Crippen LogP contribution in [0.5, 0.6) is 5.75 Å². The first-order chi connectivity index (χ1) is 14.1. The van der Waals surface area contributed by atoms with Crippen LogP contribution in [-0.2, 0) is 10.1 Å². The number of nitrogens with zero attached hydrogens (tertiary/aromatic N) is 2. The van der Waals surface area contributed by atoms with E-state index in [1.54, 1.807) is 25.1 Å². The number of methoxy groups -OCH3 is 1. The number of benzene rings is 1. The molecule has 2 heterocycles. The molecule has 0 saturated carbocycles. The molecule has 0 spiro atoms. The van der Waals surface area contributed by atoms with Crippen LogP contribution >= 0.6 is 11.3 Å². The number of carbonyl (C=O) groups excluding carboxylic acids is 1. The summed E-state index contributed by atoms with van der Waals surface area (Å²) in [5, 5.41) is 8.70. The summed E-state index contributed by atoms with van der Waals surface area (Å²) in [5.41, 5.74) is 8.63. The molecule has 0 aliphatic heterocycles. The molecule has 8 nitrogen and oxygen atoms in total. The lowest BCUT2D eigenvalue weighted by Gasteiger charge is -2.05. The molecule has 0 atom stereocenters. The number of hydrogen-bond acceptors (Lipinski definition) is 7. The van der Waals surface area contributed by atoms with Gasteiger partial charge in [0.15, 0.2) is 4.21 Å². The molecule has 30 heavy (non-hydrogen) atoms. The van der Waals surface area contributed by atoms with Gasteiger partial charge in [-0.05, 0) is 37.6 Å². The Labute approximate surface area is 178 Å². The molecule has 2 aromatic heterocycles. The standard InChI is InChI=1S/C14H11N3O.C6H8O4S2/c1-9-2-4-11(6-12(9)14(16)18)13-5-3-10(7-15)8-17-13;1-4-5(10-2)3-6(11-4)12(7,8)9/h2-6,8H,1H3,(H2,16,18);3H,1-2H3,(H,7,8,9). The van der Waals surface area contributed by atoms with Crippen molar-refractivity contribution in [2.45, 2.75) is 18.1 Å². The van der Waals surface area contributed by atoms with Gasteiger partial charge in [-0.1, -0.05) is 12.1 Å². The first-order valence-corrected chi connectivity index (χ1v) is 10.7. The maximum Gasteiger partial charge on any atom is 0.304 e. The molecule has 10 heteroatoms. The number of aryl methyl sites for hydroxylation is 2. The van der Waals surface area contributed by atoms with Crippen LogP contribution in [0.2, 0.25) is 0 Å². The minimum atomic E-state index is -4.08. The summed E-state index contributed by atoms with van der Waals surface area (Å²) >= 11 is 0.983. The first kappa shape index (κ1) is 23.0. The quantitative estimate of drug-likeness (QED) is 0.586. The Morgan fingerprint density at radius 3 is 2.37 bits per heavy atom. The molecule has 3 N–H and O–H groups in total. The fourth-order valence-corrected chi connectivity index (χ4v) is 4.21. The third-order valence-corrected chi connectivity index (χ3v) is 6.35. The van der Waals surface area contributed by atoms with Crippen LogP contribution < -0.4 is 10.5 Å². The zero-order valence-electron chi connectivity index (χ0n) is 16.4. The van der Waals surface area contributed by atoms with E-state index >= 15 is 0 Å². The van der Waals surface area contributed by atoms with Crippen LogP contribution in [0.25, 0.3) is 11.3 Å². The molecule has 1 aromatic carbocycles. The summed E-state index contributed by atoms with van der Waals surface area (Å²) in [6, 6.07) is 12.2. The van der Waals surface area contributed by atoms with E-state index in [0.717, 1.165) is 27.3 Å². The van der Waals surface area contributed by atoms with Gasteiger partial charge in [0.05, 0.1) is 18.4 Å². The van der Waals surface area contributed by atoms with Gasteiger partial charge in [0.25, 0.3) is 0 Å². The Balaban J connectivity index is 0.000000232. The van der Waals surface area contributed by atoms with E-state index in [9.17, 15) is 13.2 Å². The Bertz CT molecular complexity index is 1210. The van der Waals surface area contributed by atoms with E-state index < -0.39 is 16.0 Å². The lowest BCUT2D eigenvalue weighted by Crippen LogP contribution is -2.12. The molecular formula is C20H19N3O5S2. The molecule has 0 fully saturated rings. The smallest absolute Gasteiger partial charge is 0.304 e. The summed E-state index contributed by atoms with van der Waals surface area (Å²) in [6.45, 7) is 3.55. The summed E-state index contributed by atoms with van der Waals surface area (Å²) in [5.74, 6) is 0.0237. The second-order valence-electron chi connectivity index (χ2n) is 6.10. The molecule has 0 aliphatic carbocycles. The second-order valence-corrected chi connectivity index (χ2v) is 9.01. The van der Waals surface area contributed by atoms with Gasteiger partial charge >= 0.3 is 10.1 Å². The predicted molar refractivity (Wildman–Crippen MR) is 113 cm³/mol. The zero-order chi connectivity index (χ0) is 22.5. The summed E-state index contributed by atoms with van der Waals surface area (Å²) < 4.78 is 34.7. The molecule has 0 saturated heterocycles. The van der Waals surface area contributed by atoms with Crippen LogP contribution in [0.15, 0.2) is 46.8 Å². The van der Waals surface area contributed by atoms with Crippen LogP contribution in [0.3, 0.4) is 0 Å². The van der Waals surface area contributed by atoms with Crippen LogP contribution in [0, 0.1) is 25.2 Å². The number of rotatable bonds is 4. The highest BCUT2D eigenvalue weighted by molar-refractivity contribution is 7.88. The molecule has 1 amide bonds. The number of hydrogen-bond donors (Lipinski definition) is 2. The van der Waals surface area contributed by atoms with Gasteiger partial charge in [-0.2, -0.15) is 13.7 Å². The van der Waals surface area contributed by atoms with Gasteiger partial charge in [0.2, 0.25) is 5.91 Å². The van der Waals surface area contributed by atoms with Gasteiger partial charge < -0.3 is 10.5 Å². The van der Waals surface area contributed by atoms with E-state index in [-0.39, 0.29) is 4.21 Å². The number of nitriles is 1. The summed E-state index contributed by atoms with van der Waals surface area (Å²) in [6.07, 6.45) is 1.50. The van der Waals surface area contributed by atoms with E-state index in [1.165, 1.54) is 19.4 Å². The maximum atomic E-state index is 11.3. The number of amides is 1. The number of thiophene rings is 1. The monoisotopic (exact) mass is 445 g/mol. The average molecular weight is 446 g/mol. The Morgan fingerprint density at radius 1 is 1.23 bits per heavy atom. The Morgan fingerprint density at radius 2 is 1.93 bits per heavy atom. The van der Waals surface area contributed by atoms with Crippen molar-refractivity contribution in [1.29, 1.82) is 5.26 Å². The van der Waals surface area contributed by atoms with Gasteiger partial charge in [-0.25, -0.2) is 0 Å². The molecule has 0 bridgehead atoms. The first-order valence-electron chi connectivity index (χ1n) is 8.45. The van der Waals surface area contributed by atoms with Crippen molar-refractivity contribution in [3.63, 3.8) is 0 Å². The van der Waals surface area contributed by atoms with Crippen LogP contribution in [0.1, 0.15) is 26.4 Å². The zero-order valence-corrected chi connectivity index (χ0v) is 18.0. The van der Waals surface area contributed by atoms with Gasteiger partial charge in [0.1, 0.15) is 11.8 Å². The number of primary amides is 1. The molecule has 156 valence electrons. The number of ether oxygens (including phenoxy) is 1. The number of carbonyl (C=O) groups is 1. The minimum Gasteiger partial charge on any atom is -0.496 e. The normalized spacial score (nSPS) is 10.5. The van der Waals surface area contributed by atoms with E-state index in [0.29, 0.717) is 22.6 Å². The molecular weight excluding hydrogens is 426 g/mol. The highest BCUT2D eigenvalue weighted by Crippen LogP contribution is 2.30. The number of nitrogens with two attached hydrogens (primary N) is 1. The van der Waals surface area contributed by atoms with Gasteiger partial charge in [-0.3, -0.25) is 14.3 Å². The molecule has 0 radical (unpaired) electrons. The van der Waals surface area contributed by atoms with Crippen molar-refractivity contribution in [2.75, 3.05) is 7.11 Å². The molecule has 0 aliphatic rings. The van der Waals surface area contributed by atoms with E-state index in [4.69, 9.17) is 20.3 Å².